The molecule has 0 aliphatic heterocycles. The van der Waals surface area contributed by atoms with Crippen LogP contribution in [0.3, 0.4) is 0 Å². The Kier molecular flexibility index (Phi) is 3.66. The molecule has 0 aliphatic carbocycles. The summed E-state index contributed by atoms with van der Waals surface area (Å²) in [5.41, 5.74) is 5.69. The summed E-state index contributed by atoms with van der Waals surface area (Å²) in [4.78, 5) is 14.9. The van der Waals surface area contributed by atoms with E-state index >= 15 is 0 Å². The Morgan fingerprint density at radius 1 is 1.42 bits per heavy atom. The first kappa shape index (κ1) is 13.3. The molecule has 0 aliphatic rings. The number of rotatable bonds is 3. The van der Waals surface area contributed by atoms with Crippen LogP contribution in [-0.4, -0.2) is 16.1 Å². The number of aromatic nitrogens is 1. The SMILES string of the molecule is Nc1c(C(=O)O)ccnc1Nc1c(F)cccc1Br. The Bertz CT molecular complexity index is 629. The molecule has 0 unspecified atom stereocenters. The second kappa shape index (κ2) is 5.23. The van der Waals surface area contributed by atoms with E-state index in [4.69, 9.17) is 10.8 Å². The van der Waals surface area contributed by atoms with E-state index in [9.17, 15) is 9.18 Å². The van der Waals surface area contributed by atoms with E-state index < -0.39 is 11.8 Å². The van der Waals surface area contributed by atoms with Gasteiger partial charge in [-0.3, -0.25) is 0 Å². The van der Waals surface area contributed by atoms with Crippen LogP contribution in [0, 0.1) is 5.82 Å². The maximum Gasteiger partial charge on any atom is 0.337 e. The highest BCUT2D eigenvalue weighted by atomic mass is 79.9. The van der Waals surface area contributed by atoms with Gasteiger partial charge < -0.3 is 16.2 Å². The van der Waals surface area contributed by atoms with Gasteiger partial charge in [0.1, 0.15) is 5.82 Å². The number of aromatic carboxylic acids is 1. The molecule has 1 aromatic carbocycles. The molecular weight excluding hydrogens is 317 g/mol. The van der Waals surface area contributed by atoms with Gasteiger partial charge in [0.15, 0.2) is 5.82 Å². The number of para-hydroxylation sites is 1. The van der Waals surface area contributed by atoms with Crippen molar-refractivity contribution in [1.29, 1.82) is 0 Å². The van der Waals surface area contributed by atoms with Gasteiger partial charge in [0.2, 0.25) is 0 Å². The molecule has 1 heterocycles. The Balaban J connectivity index is 2.45. The quantitative estimate of drug-likeness (QED) is 0.807. The van der Waals surface area contributed by atoms with Gasteiger partial charge in [-0.1, -0.05) is 6.07 Å². The summed E-state index contributed by atoms with van der Waals surface area (Å²) >= 11 is 3.19. The molecule has 4 N–H and O–H groups in total. The molecular formula is C12H9BrFN3O2. The Labute approximate surface area is 116 Å². The lowest BCUT2D eigenvalue weighted by atomic mass is 10.2. The Morgan fingerprint density at radius 3 is 2.79 bits per heavy atom. The van der Waals surface area contributed by atoms with Crippen LogP contribution in [0.15, 0.2) is 34.9 Å². The molecule has 0 saturated carbocycles. The predicted molar refractivity (Wildman–Crippen MR) is 73.0 cm³/mol. The number of nitrogens with one attached hydrogen (secondary N) is 1. The highest BCUT2D eigenvalue weighted by Crippen LogP contribution is 2.30. The molecule has 98 valence electrons. The van der Waals surface area contributed by atoms with Crippen LogP contribution in [0.25, 0.3) is 0 Å². The molecule has 0 atom stereocenters. The number of nitrogen functional groups attached to an aromatic ring is 1. The highest BCUT2D eigenvalue weighted by molar-refractivity contribution is 9.10. The summed E-state index contributed by atoms with van der Waals surface area (Å²) in [6.07, 6.45) is 1.29. The van der Waals surface area contributed by atoms with Crippen molar-refractivity contribution in [2.45, 2.75) is 0 Å². The van der Waals surface area contributed by atoms with Gasteiger partial charge in [0.25, 0.3) is 0 Å². The fourth-order valence-corrected chi connectivity index (χ4v) is 1.94. The summed E-state index contributed by atoms with van der Waals surface area (Å²) in [7, 11) is 0. The number of nitrogens with zero attached hydrogens (tertiary/aromatic N) is 1. The van der Waals surface area contributed by atoms with Gasteiger partial charge in [0, 0.05) is 10.7 Å². The van der Waals surface area contributed by atoms with Crippen molar-refractivity contribution in [2.75, 3.05) is 11.1 Å². The molecule has 0 spiro atoms. The molecule has 5 nitrogen and oxygen atoms in total. The number of carboxylic acids is 1. The average Bonchev–Trinajstić information content (AvgIpc) is 2.35. The van der Waals surface area contributed by atoms with Crippen molar-refractivity contribution in [3.05, 3.63) is 46.3 Å². The number of carboxylic acid groups (broad SMARTS) is 1. The van der Waals surface area contributed by atoms with Crippen LogP contribution in [0.1, 0.15) is 10.4 Å². The van der Waals surface area contributed by atoms with E-state index in [-0.39, 0.29) is 22.8 Å². The van der Waals surface area contributed by atoms with Crippen LogP contribution >= 0.6 is 15.9 Å². The minimum atomic E-state index is -1.17. The third-order valence-electron chi connectivity index (χ3n) is 2.43. The largest absolute Gasteiger partial charge is 0.478 e. The fourth-order valence-electron chi connectivity index (χ4n) is 1.49. The molecule has 7 heteroatoms. The minimum absolute atomic E-state index is 0.0508. The van der Waals surface area contributed by atoms with Crippen molar-refractivity contribution in [3.8, 4) is 0 Å². The van der Waals surface area contributed by atoms with Gasteiger partial charge in [0.05, 0.1) is 16.9 Å². The molecule has 2 rings (SSSR count). The highest BCUT2D eigenvalue weighted by Gasteiger charge is 2.14. The maximum absolute atomic E-state index is 13.6. The molecule has 0 radical (unpaired) electrons. The molecule has 1 aromatic heterocycles. The van der Waals surface area contributed by atoms with Gasteiger partial charge in [-0.2, -0.15) is 0 Å². The minimum Gasteiger partial charge on any atom is -0.478 e. The Hall–Kier alpha value is -2.15. The van der Waals surface area contributed by atoms with E-state index in [0.29, 0.717) is 4.47 Å². The van der Waals surface area contributed by atoms with E-state index in [2.05, 4.69) is 26.2 Å². The van der Waals surface area contributed by atoms with E-state index in [1.54, 1.807) is 6.07 Å². The number of pyridine rings is 1. The summed E-state index contributed by atoms with van der Waals surface area (Å²) < 4.78 is 14.1. The number of hydrogen-bond acceptors (Lipinski definition) is 4. The zero-order valence-corrected chi connectivity index (χ0v) is 11.1. The van der Waals surface area contributed by atoms with Crippen molar-refractivity contribution < 1.29 is 14.3 Å². The van der Waals surface area contributed by atoms with Crippen LogP contribution < -0.4 is 11.1 Å². The number of hydrogen-bond donors (Lipinski definition) is 3. The van der Waals surface area contributed by atoms with Crippen LogP contribution in [0.5, 0.6) is 0 Å². The topological polar surface area (TPSA) is 88.2 Å². The normalized spacial score (nSPS) is 10.2. The van der Waals surface area contributed by atoms with Crippen LogP contribution in [0.4, 0.5) is 21.6 Å². The number of benzene rings is 1. The van der Waals surface area contributed by atoms with Crippen molar-refractivity contribution in [1.82, 2.24) is 4.98 Å². The summed E-state index contributed by atoms with van der Waals surface area (Å²) in [5.74, 6) is -1.59. The molecule has 0 bridgehead atoms. The number of carbonyl (C=O) groups is 1. The van der Waals surface area contributed by atoms with Gasteiger partial charge in [-0.05, 0) is 34.1 Å². The zero-order chi connectivity index (χ0) is 14.0. The third kappa shape index (κ3) is 2.65. The number of anilines is 3. The lowest BCUT2D eigenvalue weighted by Gasteiger charge is -2.11. The van der Waals surface area contributed by atoms with Gasteiger partial charge in [-0.15, -0.1) is 0 Å². The lowest BCUT2D eigenvalue weighted by Crippen LogP contribution is -2.07. The zero-order valence-electron chi connectivity index (χ0n) is 9.52. The van der Waals surface area contributed by atoms with Crippen molar-refractivity contribution >= 4 is 39.1 Å². The molecule has 0 amide bonds. The lowest BCUT2D eigenvalue weighted by molar-refractivity contribution is 0.0698. The predicted octanol–water partition coefficient (Wildman–Crippen LogP) is 3.01. The second-order valence-electron chi connectivity index (χ2n) is 3.65. The average molecular weight is 326 g/mol. The monoisotopic (exact) mass is 325 g/mol. The van der Waals surface area contributed by atoms with Crippen LogP contribution in [0.2, 0.25) is 0 Å². The number of halogens is 2. The number of nitrogens with two attached hydrogens (primary N) is 1. The van der Waals surface area contributed by atoms with Crippen molar-refractivity contribution in [2.24, 2.45) is 0 Å². The molecule has 0 fully saturated rings. The first-order valence-electron chi connectivity index (χ1n) is 5.19. The summed E-state index contributed by atoms with van der Waals surface area (Å²) in [6, 6.07) is 5.72. The smallest absolute Gasteiger partial charge is 0.337 e. The maximum atomic E-state index is 13.6. The third-order valence-corrected chi connectivity index (χ3v) is 3.09. The summed E-state index contributed by atoms with van der Waals surface area (Å²) in [5, 5.41) is 11.6. The second-order valence-corrected chi connectivity index (χ2v) is 4.50. The first-order valence-corrected chi connectivity index (χ1v) is 5.99. The van der Waals surface area contributed by atoms with E-state index in [1.807, 2.05) is 0 Å². The molecule has 19 heavy (non-hydrogen) atoms. The summed E-state index contributed by atoms with van der Waals surface area (Å²) in [6.45, 7) is 0. The van der Waals surface area contributed by atoms with Gasteiger partial charge in [-0.25, -0.2) is 14.2 Å². The van der Waals surface area contributed by atoms with E-state index in [1.165, 1.54) is 24.4 Å². The molecule has 0 saturated heterocycles. The van der Waals surface area contributed by atoms with Gasteiger partial charge >= 0.3 is 5.97 Å². The standard InChI is InChI=1S/C12H9BrFN3O2/c13-7-2-1-3-8(14)10(7)17-11-9(15)6(12(18)19)4-5-16-11/h1-5H,15H2,(H,16,17)(H,18,19). The molecule has 2 aromatic rings. The Morgan fingerprint density at radius 2 is 2.16 bits per heavy atom. The van der Waals surface area contributed by atoms with E-state index in [0.717, 1.165) is 0 Å². The van der Waals surface area contributed by atoms with Crippen molar-refractivity contribution in [3.63, 3.8) is 0 Å². The first-order chi connectivity index (χ1) is 9.00. The van der Waals surface area contributed by atoms with Crippen LogP contribution in [-0.2, 0) is 0 Å². The fraction of sp³-hybridized carbons (Fsp3) is 0.